The van der Waals surface area contributed by atoms with E-state index >= 15 is 0 Å². The predicted molar refractivity (Wildman–Crippen MR) is 82.2 cm³/mol. The molecule has 0 spiro atoms. The minimum Gasteiger partial charge on any atom is -0.338 e. The Bertz CT molecular complexity index is 574. The molecule has 0 fully saturated rings. The molecule has 0 saturated carbocycles. The third-order valence-electron chi connectivity index (χ3n) is 2.92. The first kappa shape index (κ1) is 16.4. The van der Waals surface area contributed by atoms with Crippen LogP contribution < -0.4 is 0 Å². The molecule has 1 aromatic rings. The van der Waals surface area contributed by atoms with Crippen molar-refractivity contribution < 1.29 is 13.2 Å². The number of hydrogen-bond donors (Lipinski definition) is 0. The lowest BCUT2D eigenvalue weighted by atomic mass is 10.1. The summed E-state index contributed by atoms with van der Waals surface area (Å²) in [7, 11) is -3.05. The lowest BCUT2D eigenvalue weighted by Crippen LogP contribution is -2.33. The van der Waals surface area contributed by atoms with Crippen LogP contribution in [0.1, 0.15) is 18.1 Å². The normalized spacial score (nSPS) is 11.8. The van der Waals surface area contributed by atoms with Crippen LogP contribution in [0.3, 0.4) is 0 Å². The minimum absolute atomic E-state index is 0.00898. The summed E-state index contributed by atoms with van der Waals surface area (Å²) >= 11 is 0. The monoisotopic (exact) mass is 295 g/mol. The molecule has 1 rings (SSSR count). The molecule has 0 saturated heterocycles. The maximum atomic E-state index is 12.0. The van der Waals surface area contributed by atoms with Crippen LogP contribution in [-0.2, 0) is 14.6 Å². The Hall–Kier alpha value is -1.62. The second kappa shape index (κ2) is 7.24. The van der Waals surface area contributed by atoms with E-state index < -0.39 is 9.84 Å². The van der Waals surface area contributed by atoms with E-state index in [1.54, 1.807) is 6.08 Å². The summed E-state index contributed by atoms with van der Waals surface area (Å²) in [6.45, 7) is 4.56. The fourth-order valence-corrected chi connectivity index (χ4v) is 2.20. The number of hydrogen-bond acceptors (Lipinski definition) is 3. The molecule has 0 unspecified atom stereocenters. The van der Waals surface area contributed by atoms with E-state index in [4.69, 9.17) is 0 Å². The molecular weight excluding hydrogens is 274 g/mol. The van der Waals surface area contributed by atoms with Crippen molar-refractivity contribution in [3.8, 4) is 0 Å². The van der Waals surface area contributed by atoms with Crippen LogP contribution in [-0.4, -0.2) is 44.3 Å². The number of amides is 1. The number of carbonyl (C=O) groups excluding carboxylic acids is 1. The van der Waals surface area contributed by atoms with Gasteiger partial charge in [-0.25, -0.2) is 8.42 Å². The summed E-state index contributed by atoms with van der Waals surface area (Å²) in [6, 6.07) is 7.83. The standard InChI is InChI=1S/C15H21NO3S/c1-4-16(11-12-20(3,18)19)15(17)10-9-14-7-5-13(2)6-8-14/h5-10H,4,11-12H2,1-3H3/b10-9+. The van der Waals surface area contributed by atoms with Gasteiger partial charge in [0.1, 0.15) is 9.84 Å². The zero-order valence-corrected chi connectivity index (χ0v) is 13.0. The van der Waals surface area contributed by atoms with Gasteiger partial charge in [-0.1, -0.05) is 29.8 Å². The van der Waals surface area contributed by atoms with Crippen molar-refractivity contribution >= 4 is 21.8 Å². The molecule has 1 amide bonds. The molecular formula is C15H21NO3S. The summed E-state index contributed by atoms with van der Waals surface area (Å²) < 4.78 is 22.3. The van der Waals surface area contributed by atoms with Gasteiger partial charge in [0.25, 0.3) is 0 Å². The van der Waals surface area contributed by atoms with Crippen molar-refractivity contribution in [2.24, 2.45) is 0 Å². The van der Waals surface area contributed by atoms with Gasteiger partial charge in [0.15, 0.2) is 0 Å². The Balaban J connectivity index is 2.65. The summed E-state index contributed by atoms with van der Waals surface area (Å²) in [5.74, 6) is -0.179. The topological polar surface area (TPSA) is 54.5 Å². The van der Waals surface area contributed by atoms with E-state index in [2.05, 4.69) is 0 Å². The van der Waals surface area contributed by atoms with E-state index in [1.165, 1.54) is 17.2 Å². The molecule has 0 aromatic heterocycles. The average Bonchev–Trinajstić information content (AvgIpc) is 2.37. The van der Waals surface area contributed by atoms with E-state index in [0.717, 1.165) is 11.1 Å². The van der Waals surface area contributed by atoms with Crippen molar-refractivity contribution in [2.75, 3.05) is 25.1 Å². The highest BCUT2D eigenvalue weighted by Crippen LogP contribution is 2.05. The lowest BCUT2D eigenvalue weighted by Gasteiger charge is -2.18. The first-order valence-electron chi connectivity index (χ1n) is 6.53. The Morgan fingerprint density at radius 1 is 1.25 bits per heavy atom. The molecule has 0 atom stereocenters. The van der Waals surface area contributed by atoms with Gasteiger partial charge in [-0.3, -0.25) is 4.79 Å². The number of carbonyl (C=O) groups is 1. The van der Waals surface area contributed by atoms with Crippen molar-refractivity contribution in [1.82, 2.24) is 4.90 Å². The number of likely N-dealkylation sites (N-methyl/N-ethyl adjacent to an activating group) is 1. The predicted octanol–water partition coefficient (Wildman–Crippen LogP) is 1.90. The van der Waals surface area contributed by atoms with Crippen LogP contribution in [0.25, 0.3) is 6.08 Å². The van der Waals surface area contributed by atoms with Crippen LogP contribution in [0.2, 0.25) is 0 Å². The van der Waals surface area contributed by atoms with E-state index in [0.29, 0.717) is 6.54 Å². The van der Waals surface area contributed by atoms with Crippen LogP contribution >= 0.6 is 0 Å². The largest absolute Gasteiger partial charge is 0.338 e. The molecule has 0 bridgehead atoms. The zero-order valence-electron chi connectivity index (χ0n) is 12.2. The number of sulfone groups is 1. The van der Waals surface area contributed by atoms with Gasteiger partial charge in [-0.15, -0.1) is 0 Å². The zero-order chi connectivity index (χ0) is 15.2. The number of aryl methyl sites for hydroxylation is 1. The Morgan fingerprint density at radius 3 is 2.35 bits per heavy atom. The third-order valence-corrected chi connectivity index (χ3v) is 3.85. The molecule has 0 heterocycles. The second-order valence-corrected chi connectivity index (χ2v) is 7.05. The molecule has 0 N–H and O–H groups in total. The van der Waals surface area contributed by atoms with Gasteiger partial charge in [0.2, 0.25) is 5.91 Å². The quantitative estimate of drug-likeness (QED) is 0.753. The SMILES string of the molecule is CCN(CCS(C)(=O)=O)C(=O)/C=C/c1ccc(C)cc1. The molecule has 110 valence electrons. The minimum atomic E-state index is -3.05. The van der Waals surface area contributed by atoms with E-state index in [-0.39, 0.29) is 18.2 Å². The molecule has 1 aromatic carbocycles. The summed E-state index contributed by atoms with van der Waals surface area (Å²) in [6.07, 6.45) is 4.40. The number of nitrogens with zero attached hydrogens (tertiary/aromatic N) is 1. The molecule has 0 aliphatic rings. The Labute approximate surface area is 121 Å². The van der Waals surface area contributed by atoms with Crippen LogP contribution in [0.15, 0.2) is 30.3 Å². The first-order chi connectivity index (χ1) is 9.31. The molecule has 0 radical (unpaired) electrons. The molecule has 0 aliphatic heterocycles. The molecule has 5 heteroatoms. The highest BCUT2D eigenvalue weighted by molar-refractivity contribution is 7.90. The smallest absolute Gasteiger partial charge is 0.246 e. The van der Waals surface area contributed by atoms with Gasteiger partial charge >= 0.3 is 0 Å². The fourth-order valence-electron chi connectivity index (χ4n) is 1.65. The van der Waals surface area contributed by atoms with E-state index in [1.807, 2.05) is 38.1 Å². The third kappa shape index (κ3) is 6.02. The van der Waals surface area contributed by atoms with Crippen molar-refractivity contribution in [2.45, 2.75) is 13.8 Å². The summed E-state index contributed by atoms with van der Waals surface area (Å²) in [5.41, 5.74) is 2.11. The first-order valence-corrected chi connectivity index (χ1v) is 8.59. The Kier molecular flexibility index (Phi) is 5.95. The maximum Gasteiger partial charge on any atom is 0.246 e. The van der Waals surface area contributed by atoms with E-state index in [9.17, 15) is 13.2 Å². The van der Waals surface area contributed by atoms with Gasteiger partial charge in [0, 0.05) is 25.4 Å². The lowest BCUT2D eigenvalue weighted by molar-refractivity contribution is -0.125. The van der Waals surface area contributed by atoms with Gasteiger partial charge in [0.05, 0.1) is 5.75 Å². The van der Waals surface area contributed by atoms with Crippen LogP contribution in [0.5, 0.6) is 0 Å². The number of rotatable bonds is 6. The summed E-state index contributed by atoms with van der Waals surface area (Å²) in [5, 5.41) is 0. The van der Waals surface area contributed by atoms with Gasteiger partial charge < -0.3 is 4.90 Å². The molecule has 0 aliphatic carbocycles. The van der Waals surface area contributed by atoms with Gasteiger partial charge in [-0.2, -0.15) is 0 Å². The highest BCUT2D eigenvalue weighted by atomic mass is 32.2. The summed E-state index contributed by atoms with van der Waals surface area (Å²) in [4.78, 5) is 13.5. The maximum absolute atomic E-state index is 12.0. The highest BCUT2D eigenvalue weighted by Gasteiger charge is 2.11. The Morgan fingerprint density at radius 2 is 1.85 bits per heavy atom. The molecule has 4 nitrogen and oxygen atoms in total. The van der Waals surface area contributed by atoms with Gasteiger partial charge in [-0.05, 0) is 25.5 Å². The average molecular weight is 295 g/mol. The van der Waals surface area contributed by atoms with Crippen molar-refractivity contribution in [1.29, 1.82) is 0 Å². The second-order valence-electron chi connectivity index (χ2n) is 4.79. The van der Waals surface area contributed by atoms with Crippen molar-refractivity contribution in [3.63, 3.8) is 0 Å². The molecule has 20 heavy (non-hydrogen) atoms. The van der Waals surface area contributed by atoms with Crippen LogP contribution in [0.4, 0.5) is 0 Å². The van der Waals surface area contributed by atoms with Crippen molar-refractivity contribution in [3.05, 3.63) is 41.5 Å². The fraction of sp³-hybridized carbons (Fsp3) is 0.400. The number of benzene rings is 1. The van der Waals surface area contributed by atoms with Crippen LogP contribution in [0, 0.1) is 6.92 Å².